The number of hydrogen-bond donors (Lipinski definition) is 0. The molecule has 0 saturated carbocycles. The van der Waals surface area contributed by atoms with Crippen LogP contribution in [0.15, 0.2) is 40.9 Å². The smallest absolute Gasteiger partial charge is 0.263 e. The highest BCUT2D eigenvalue weighted by Crippen LogP contribution is 2.35. The molecule has 1 aliphatic heterocycles. The third-order valence-electron chi connectivity index (χ3n) is 5.00. The summed E-state index contributed by atoms with van der Waals surface area (Å²) in [6, 6.07) is 12.0. The number of likely N-dealkylation sites (tertiary alicyclic amines) is 1. The number of thiophene rings is 1. The molecule has 1 aromatic carbocycles. The third-order valence-corrected chi connectivity index (χ3v) is 7.27. The van der Waals surface area contributed by atoms with E-state index in [2.05, 4.69) is 16.2 Å². The number of carbonyl (C=O) groups excluding carboxylic acids is 1. The van der Waals surface area contributed by atoms with Gasteiger partial charge in [0.15, 0.2) is 5.82 Å². The molecular weight excluding hydrogens is 392 g/mol. The number of benzene rings is 1. The normalized spacial score (nSPS) is 15.4. The van der Waals surface area contributed by atoms with Gasteiger partial charge in [-0.15, -0.1) is 22.7 Å². The van der Waals surface area contributed by atoms with Crippen LogP contribution in [0.4, 0.5) is 0 Å². The van der Waals surface area contributed by atoms with Gasteiger partial charge in [-0.3, -0.25) is 4.79 Å². The lowest BCUT2D eigenvalue weighted by molar-refractivity contribution is 0.0709. The van der Waals surface area contributed by atoms with Crippen molar-refractivity contribution >= 4 is 38.8 Å². The Morgan fingerprint density at radius 3 is 2.68 bits per heavy atom. The van der Waals surface area contributed by atoms with Crippen molar-refractivity contribution in [3.05, 3.63) is 53.0 Å². The summed E-state index contributed by atoms with van der Waals surface area (Å²) in [6.45, 7) is 3.24. The predicted octanol–water partition coefficient (Wildman–Crippen LogP) is 4.74. The molecule has 6 nitrogen and oxygen atoms in total. The van der Waals surface area contributed by atoms with Crippen molar-refractivity contribution in [1.82, 2.24) is 20.0 Å². The van der Waals surface area contributed by atoms with Gasteiger partial charge in [0.25, 0.3) is 5.91 Å². The standard InChI is InChI=1S/C20H18N4O2S2/c1-12-21-18(26-23-12)13-8-10-24(11-9-13)20(25)17-7-6-16(27-17)19-22-14-4-2-3-5-15(14)28-19/h2-7,13H,8-11H2,1H3. The van der Waals surface area contributed by atoms with E-state index in [1.165, 1.54) is 11.3 Å². The predicted molar refractivity (Wildman–Crippen MR) is 110 cm³/mol. The largest absolute Gasteiger partial charge is 0.339 e. The number of piperidine rings is 1. The van der Waals surface area contributed by atoms with Crippen molar-refractivity contribution in [2.75, 3.05) is 13.1 Å². The van der Waals surface area contributed by atoms with Gasteiger partial charge in [0, 0.05) is 19.0 Å². The van der Waals surface area contributed by atoms with Gasteiger partial charge >= 0.3 is 0 Å². The molecule has 0 radical (unpaired) electrons. The molecule has 1 fully saturated rings. The molecule has 28 heavy (non-hydrogen) atoms. The lowest BCUT2D eigenvalue weighted by Crippen LogP contribution is -2.37. The number of thiazole rings is 1. The number of amides is 1. The van der Waals surface area contributed by atoms with Crippen molar-refractivity contribution in [2.24, 2.45) is 0 Å². The van der Waals surface area contributed by atoms with Crippen molar-refractivity contribution in [3.8, 4) is 9.88 Å². The molecule has 1 saturated heterocycles. The van der Waals surface area contributed by atoms with Crippen molar-refractivity contribution in [3.63, 3.8) is 0 Å². The highest BCUT2D eigenvalue weighted by atomic mass is 32.1. The zero-order valence-corrected chi connectivity index (χ0v) is 16.9. The second-order valence-electron chi connectivity index (χ2n) is 6.90. The zero-order valence-electron chi connectivity index (χ0n) is 15.3. The second kappa shape index (κ2) is 7.10. The summed E-state index contributed by atoms with van der Waals surface area (Å²) in [4.78, 5) is 25.7. The molecular formula is C20H18N4O2S2. The van der Waals surface area contributed by atoms with Crippen LogP contribution < -0.4 is 0 Å². The van der Waals surface area contributed by atoms with E-state index < -0.39 is 0 Å². The van der Waals surface area contributed by atoms with Crippen LogP contribution in [0.5, 0.6) is 0 Å². The van der Waals surface area contributed by atoms with E-state index in [0.29, 0.717) is 24.8 Å². The first-order chi connectivity index (χ1) is 13.7. The maximum atomic E-state index is 12.9. The molecule has 0 aliphatic carbocycles. The highest BCUT2D eigenvalue weighted by molar-refractivity contribution is 7.26. The summed E-state index contributed by atoms with van der Waals surface area (Å²) in [5.74, 6) is 1.69. The number of aryl methyl sites for hydroxylation is 1. The maximum absolute atomic E-state index is 12.9. The lowest BCUT2D eigenvalue weighted by Gasteiger charge is -2.30. The minimum Gasteiger partial charge on any atom is -0.339 e. The number of para-hydroxylation sites is 1. The molecule has 1 amide bonds. The fourth-order valence-corrected chi connectivity index (χ4v) is 5.50. The SMILES string of the molecule is Cc1noc(C2CCN(C(=O)c3ccc(-c4nc5ccccc5s4)s3)CC2)n1. The molecule has 0 atom stereocenters. The van der Waals surface area contributed by atoms with E-state index in [1.807, 2.05) is 42.2 Å². The molecule has 1 aliphatic rings. The highest BCUT2D eigenvalue weighted by Gasteiger charge is 2.28. The first-order valence-electron chi connectivity index (χ1n) is 9.22. The Hall–Kier alpha value is -2.58. The summed E-state index contributed by atoms with van der Waals surface area (Å²) < 4.78 is 6.46. The molecule has 0 bridgehead atoms. The van der Waals surface area contributed by atoms with Crippen molar-refractivity contribution < 1.29 is 9.32 Å². The summed E-state index contributed by atoms with van der Waals surface area (Å²) >= 11 is 3.18. The molecule has 8 heteroatoms. The van der Waals surface area contributed by atoms with Gasteiger partial charge < -0.3 is 9.42 Å². The van der Waals surface area contributed by atoms with Gasteiger partial charge in [0.05, 0.1) is 20.0 Å². The first-order valence-corrected chi connectivity index (χ1v) is 10.9. The average Bonchev–Trinajstić information content (AvgIpc) is 3.46. The summed E-state index contributed by atoms with van der Waals surface area (Å²) in [7, 11) is 0. The fraction of sp³-hybridized carbons (Fsp3) is 0.300. The van der Waals surface area contributed by atoms with Crippen LogP contribution in [-0.4, -0.2) is 39.0 Å². The number of nitrogens with zero attached hydrogens (tertiary/aromatic N) is 4. The topological polar surface area (TPSA) is 72.1 Å². The summed E-state index contributed by atoms with van der Waals surface area (Å²) in [5, 5.41) is 4.84. The van der Waals surface area contributed by atoms with Gasteiger partial charge in [-0.25, -0.2) is 4.98 Å². The van der Waals surface area contributed by atoms with Crippen LogP contribution >= 0.6 is 22.7 Å². The monoisotopic (exact) mass is 410 g/mol. The van der Waals surface area contributed by atoms with E-state index in [9.17, 15) is 4.79 Å². The Balaban J connectivity index is 1.29. The summed E-state index contributed by atoms with van der Waals surface area (Å²) in [5.41, 5.74) is 1.00. The average molecular weight is 411 g/mol. The Morgan fingerprint density at radius 2 is 1.93 bits per heavy atom. The molecule has 0 unspecified atom stereocenters. The number of hydrogen-bond acceptors (Lipinski definition) is 7. The molecule has 4 aromatic rings. The van der Waals surface area contributed by atoms with E-state index in [4.69, 9.17) is 9.51 Å². The minimum absolute atomic E-state index is 0.0949. The third kappa shape index (κ3) is 3.22. The number of carbonyl (C=O) groups is 1. The number of fused-ring (bicyclic) bond motifs is 1. The first kappa shape index (κ1) is 17.5. The Bertz CT molecular complexity index is 1100. The van der Waals surface area contributed by atoms with E-state index in [-0.39, 0.29) is 11.8 Å². The van der Waals surface area contributed by atoms with E-state index in [1.54, 1.807) is 11.3 Å². The molecule has 4 heterocycles. The van der Waals surface area contributed by atoms with Gasteiger partial charge in [0.2, 0.25) is 5.89 Å². The molecule has 0 N–H and O–H groups in total. The molecule has 3 aromatic heterocycles. The van der Waals surface area contributed by atoms with Crippen LogP contribution in [0, 0.1) is 6.92 Å². The van der Waals surface area contributed by atoms with E-state index >= 15 is 0 Å². The minimum atomic E-state index is 0.0949. The quantitative estimate of drug-likeness (QED) is 0.488. The number of aromatic nitrogens is 3. The van der Waals surface area contributed by atoms with Crippen molar-refractivity contribution in [1.29, 1.82) is 0 Å². The van der Waals surface area contributed by atoms with Crippen LogP contribution in [0.1, 0.15) is 40.1 Å². The van der Waals surface area contributed by atoms with Gasteiger partial charge in [0.1, 0.15) is 5.01 Å². The summed E-state index contributed by atoms with van der Waals surface area (Å²) in [6.07, 6.45) is 1.70. The van der Waals surface area contributed by atoms with Gasteiger partial charge in [-0.1, -0.05) is 17.3 Å². The molecule has 142 valence electrons. The van der Waals surface area contributed by atoms with Gasteiger partial charge in [-0.05, 0) is 44.0 Å². The van der Waals surface area contributed by atoms with Gasteiger partial charge in [-0.2, -0.15) is 4.98 Å². The Morgan fingerprint density at radius 1 is 1.11 bits per heavy atom. The van der Waals surface area contributed by atoms with Crippen molar-refractivity contribution in [2.45, 2.75) is 25.7 Å². The molecule has 0 spiro atoms. The van der Waals surface area contributed by atoms with Crippen LogP contribution in [0.25, 0.3) is 20.1 Å². The van der Waals surface area contributed by atoms with Crippen LogP contribution in [0.2, 0.25) is 0 Å². The van der Waals surface area contributed by atoms with Crippen LogP contribution in [0.3, 0.4) is 0 Å². The Labute approximate surface area is 169 Å². The number of rotatable bonds is 3. The lowest BCUT2D eigenvalue weighted by atomic mass is 9.96. The fourth-order valence-electron chi connectivity index (χ4n) is 3.51. The van der Waals surface area contributed by atoms with E-state index in [0.717, 1.165) is 37.8 Å². The zero-order chi connectivity index (χ0) is 19.1. The molecule has 5 rings (SSSR count). The second-order valence-corrected chi connectivity index (χ2v) is 9.01. The Kier molecular flexibility index (Phi) is 4.44. The maximum Gasteiger partial charge on any atom is 0.263 e. The van der Waals surface area contributed by atoms with Crippen LogP contribution in [-0.2, 0) is 0 Å².